The maximum atomic E-state index is 12.5. The van der Waals surface area contributed by atoms with Crippen molar-refractivity contribution in [2.45, 2.75) is 19.0 Å². The zero-order valence-corrected chi connectivity index (χ0v) is 15.2. The number of nitrogens with zero attached hydrogens (tertiary/aromatic N) is 2. The van der Waals surface area contributed by atoms with Crippen LogP contribution in [0.1, 0.15) is 18.4 Å². The Balaban J connectivity index is 1.72. The first-order chi connectivity index (χ1) is 12.9. The van der Waals surface area contributed by atoms with E-state index in [0.717, 1.165) is 18.7 Å². The molecule has 1 unspecified atom stereocenters. The van der Waals surface area contributed by atoms with Crippen molar-refractivity contribution in [3.63, 3.8) is 0 Å². The average molecular weight is 390 g/mol. The second-order valence-corrected chi connectivity index (χ2v) is 6.36. The molecule has 3 N–H and O–H groups in total. The van der Waals surface area contributed by atoms with Gasteiger partial charge in [0, 0.05) is 44.5 Å². The van der Waals surface area contributed by atoms with E-state index < -0.39 is 11.7 Å². The van der Waals surface area contributed by atoms with E-state index in [-0.39, 0.29) is 24.5 Å². The van der Waals surface area contributed by atoms with E-state index in [1.54, 1.807) is 7.05 Å². The molecule has 0 aliphatic carbocycles. The first-order valence-electron chi connectivity index (χ1n) is 8.68. The van der Waals surface area contributed by atoms with E-state index >= 15 is 0 Å². The van der Waals surface area contributed by atoms with E-state index in [2.05, 4.69) is 20.6 Å². The van der Waals surface area contributed by atoms with Gasteiger partial charge in [0.05, 0.1) is 18.7 Å². The number of alkyl halides is 3. The molecule has 1 aliphatic rings. The summed E-state index contributed by atoms with van der Waals surface area (Å²) in [6.45, 7) is 2.61. The number of hydrogen-bond acceptors (Lipinski definition) is 5. The molecule has 1 aromatic rings. The predicted molar refractivity (Wildman–Crippen MR) is 93.7 cm³/mol. The molecule has 0 spiro atoms. The monoisotopic (exact) mass is 390 g/mol. The molecule has 0 saturated carbocycles. The van der Waals surface area contributed by atoms with Crippen molar-refractivity contribution in [2.75, 3.05) is 46.6 Å². The van der Waals surface area contributed by atoms with Crippen LogP contribution >= 0.6 is 0 Å². The number of aliphatic hydroxyl groups excluding tert-OH is 1. The lowest BCUT2D eigenvalue weighted by Gasteiger charge is -2.27. The Labute approximate surface area is 156 Å². The zero-order valence-electron chi connectivity index (χ0n) is 15.2. The maximum Gasteiger partial charge on any atom is 0.417 e. The molecule has 1 aliphatic heterocycles. The largest absolute Gasteiger partial charge is 0.476 e. The third-order valence-electron chi connectivity index (χ3n) is 4.39. The molecule has 27 heavy (non-hydrogen) atoms. The summed E-state index contributed by atoms with van der Waals surface area (Å²) in [6, 6.07) is 2.12. The predicted octanol–water partition coefficient (Wildman–Crippen LogP) is 1.43. The highest BCUT2D eigenvalue weighted by Crippen LogP contribution is 2.31. The highest BCUT2D eigenvalue weighted by atomic mass is 19.4. The summed E-state index contributed by atoms with van der Waals surface area (Å²) in [7, 11) is 1.64. The van der Waals surface area contributed by atoms with Crippen molar-refractivity contribution in [3.8, 4) is 5.88 Å². The van der Waals surface area contributed by atoms with Crippen LogP contribution in [-0.4, -0.2) is 62.6 Å². The van der Waals surface area contributed by atoms with Crippen LogP contribution in [0.3, 0.4) is 0 Å². The van der Waals surface area contributed by atoms with Crippen molar-refractivity contribution in [1.82, 2.24) is 15.6 Å². The average Bonchev–Trinajstić information content (AvgIpc) is 3.10. The van der Waals surface area contributed by atoms with Gasteiger partial charge in [0.15, 0.2) is 5.96 Å². The fourth-order valence-corrected chi connectivity index (χ4v) is 2.76. The number of guanidine groups is 1. The normalized spacial score (nSPS) is 20.6. The van der Waals surface area contributed by atoms with Crippen molar-refractivity contribution in [2.24, 2.45) is 10.4 Å². The molecule has 1 saturated heterocycles. The number of halogens is 3. The Kier molecular flexibility index (Phi) is 7.66. The maximum absolute atomic E-state index is 12.5. The van der Waals surface area contributed by atoms with Crippen molar-refractivity contribution >= 4 is 5.96 Å². The second kappa shape index (κ2) is 9.75. The summed E-state index contributed by atoms with van der Waals surface area (Å²) in [6.07, 6.45) is -2.14. The van der Waals surface area contributed by atoms with Crippen LogP contribution in [-0.2, 0) is 10.9 Å². The van der Waals surface area contributed by atoms with E-state index in [1.165, 1.54) is 6.07 Å². The third-order valence-corrected chi connectivity index (χ3v) is 4.39. The molecular weight excluding hydrogens is 365 g/mol. The quantitative estimate of drug-likeness (QED) is 0.354. The Morgan fingerprint density at radius 3 is 2.78 bits per heavy atom. The Morgan fingerprint density at radius 2 is 2.22 bits per heavy atom. The highest BCUT2D eigenvalue weighted by Gasteiger charge is 2.34. The fourth-order valence-electron chi connectivity index (χ4n) is 2.76. The smallest absolute Gasteiger partial charge is 0.417 e. The van der Waals surface area contributed by atoms with E-state index in [1.807, 2.05) is 0 Å². The van der Waals surface area contributed by atoms with E-state index in [0.29, 0.717) is 38.7 Å². The summed E-state index contributed by atoms with van der Waals surface area (Å²) in [4.78, 5) is 7.77. The highest BCUT2D eigenvalue weighted by molar-refractivity contribution is 5.79. The molecule has 7 nitrogen and oxygen atoms in total. The number of nitrogens with one attached hydrogen (secondary N) is 2. The molecular formula is C17H25F3N4O3. The summed E-state index contributed by atoms with van der Waals surface area (Å²) < 4.78 is 48.2. The lowest BCUT2D eigenvalue weighted by atomic mass is 9.84. The van der Waals surface area contributed by atoms with Crippen LogP contribution in [0.15, 0.2) is 23.3 Å². The van der Waals surface area contributed by atoms with E-state index in [9.17, 15) is 18.3 Å². The second-order valence-electron chi connectivity index (χ2n) is 6.36. The minimum atomic E-state index is -4.41. The molecule has 1 fully saturated rings. The van der Waals surface area contributed by atoms with Crippen LogP contribution in [0.5, 0.6) is 5.88 Å². The van der Waals surface area contributed by atoms with Gasteiger partial charge >= 0.3 is 6.18 Å². The Morgan fingerprint density at radius 1 is 1.41 bits per heavy atom. The molecule has 0 aromatic carbocycles. The van der Waals surface area contributed by atoms with Crippen molar-refractivity contribution in [1.29, 1.82) is 0 Å². The van der Waals surface area contributed by atoms with E-state index in [4.69, 9.17) is 9.47 Å². The number of aliphatic imine (C=N–C) groups is 1. The number of hydrogen-bond donors (Lipinski definition) is 3. The van der Waals surface area contributed by atoms with Crippen LogP contribution in [0, 0.1) is 5.41 Å². The minimum Gasteiger partial charge on any atom is -0.476 e. The molecule has 2 heterocycles. The molecule has 10 heteroatoms. The standard InChI is InChI=1S/C17H25F3N4O3/c1-21-15(24-11-16(4-7-25)5-8-26-12-16)22-6-9-27-14-3-2-13(10-23-14)17(18,19)20/h2-3,10,25H,4-9,11-12H2,1H3,(H2,21,22,24). The molecule has 1 aromatic heterocycles. The van der Waals surface area contributed by atoms with Crippen LogP contribution < -0.4 is 15.4 Å². The van der Waals surface area contributed by atoms with Gasteiger partial charge in [0.1, 0.15) is 6.61 Å². The fraction of sp³-hybridized carbons (Fsp3) is 0.647. The summed E-state index contributed by atoms with van der Waals surface area (Å²) in [5, 5.41) is 15.5. The van der Waals surface area contributed by atoms with Crippen molar-refractivity contribution < 1.29 is 27.8 Å². The SMILES string of the molecule is CN=C(NCCOc1ccc(C(F)(F)F)cn1)NCC1(CCO)CCOC1. The summed E-state index contributed by atoms with van der Waals surface area (Å²) in [5.41, 5.74) is -0.919. The molecule has 152 valence electrons. The number of ether oxygens (including phenoxy) is 2. The number of aromatic nitrogens is 1. The number of pyridine rings is 1. The summed E-state index contributed by atoms with van der Waals surface area (Å²) >= 11 is 0. The van der Waals surface area contributed by atoms with Gasteiger partial charge in [0.25, 0.3) is 0 Å². The zero-order chi connectivity index (χ0) is 19.8. The van der Waals surface area contributed by atoms with Gasteiger partial charge in [-0.1, -0.05) is 0 Å². The minimum absolute atomic E-state index is 0.102. The topological polar surface area (TPSA) is 88.0 Å². The van der Waals surface area contributed by atoms with Crippen LogP contribution in [0.25, 0.3) is 0 Å². The van der Waals surface area contributed by atoms with Crippen LogP contribution in [0.4, 0.5) is 13.2 Å². The third kappa shape index (κ3) is 6.55. The molecule has 0 amide bonds. The van der Waals surface area contributed by atoms with Gasteiger partial charge in [-0.3, -0.25) is 4.99 Å². The van der Waals surface area contributed by atoms with Crippen LogP contribution in [0.2, 0.25) is 0 Å². The molecule has 0 bridgehead atoms. The first-order valence-corrected chi connectivity index (χ1v) is 8.68. The number of rotatable bonds is 8. The van der Waals surface area contributed by atoms with Gasteiger partial charge in [0.2, 0.25) is 5.88 Å². The number of aliphatic hydroxyl groups is 1. The lowest BCUT2D eigenvalue weighted by molar-refractivity contribution is -0.137. The van der Waals surface area contributed by atoms with Gasteiger partial charge in [-0.05, 0) is 18.9 Å². The summed E-state index contributed by atoms with van der Waals surface area (Å²) in [5.74, 6) is 0.695. The van der Waals surface area contributed by atoms with Gasteiger partial charge in [-0.15, -0.1) is 0 Å². The van der Waals surface area contributed by atoms with Crippen molar-refractivity contribution in [3.05, 3.63) is 23.9 Å². The van der Waals surface area contributed by atoms with Gasteiger partial charge < -0.3 is 25.2 Å². The Bertz CT molecular complexity index is 602. The lowest BCUT2D eigenvalue weighted by Crippen LogP contribution is -2.45. The molecule has 2 rings (SSSR count). The first kappa shape index (κ1) is 21.2. The van der Waals surface area contributed by atoms with Gasteiger partial charge in [-0.2, -0.15) is 13.2 Å². The molecule has 0 radical (unpaired) electrons. The molecule has 1 atom stereocenters. The Hall–Kier alpha value is -2.07. The van der Waals surface area contributed by atoms with Gasteiger partial charge in [-0.25, -0.2) is 4.98 Å².